The maximum Gasteiger partial charge on any atom is 0.347 e. The van der Waals surface area contributed by atoms with Crippen molar-refractivity contribution in [2.75, 3.05) is 7.11 Å². The number of fused-ring (bicyclic) bond motifs is 1. The smallest absolute Gasteiger partial charge is 0.347 e. The lowest BCUT2D eigenvalue weighted by Gasteiger charge is -2.03. The van der Waals surface area contributed by atoms with Gasteiger partial charge in [-0.15, -0.1) is 11.3 Å². The van der Waals surface area contributed by atoms with Gasteiger partial charge in [0.1, 0.15) is 10.6 Å². The summed E-state index contributed by atoms with van der Waals surface area (Å²) in [4.78, 5) is 13.7. The zero-order chi connectivity index (χ0) is 14.8. The van der Waals surface area contributed by atoms with Gasteiger partial charge in [0, 0.05) is 19.9 Å². The van der Waals surface area contributed by atoms with Crippen molar-refractivity contribution in [3.05, 3.63) is 53.4 Å². The van der Waals surface area contributed by atoms with E-state index in [1.165, 1.54) is 23.1 Å². The van der Waals surface area contributed by atoms with Crippen LogP contribution in [0.3, 0.4) is 0 Å². The number of hydrogen-bond donors (Lipinski definition) is 1. The number of ether oxygens (including phenoxy) is 1. The van der Waals surface area contributed by atoms with E-state index in [0.29, 0.717) is 4.88 Å². The van der Waals surface area contributed by atoms with E-state index in [-0.39, 0.29) is 0 Å². The molecule has 0 saturated carbocycles. The van der Waals surface area contributed by atoms with Crippen LogP contribution in [0.25, 0.3) is 10.1 Å². The predicted molar refractivity (Wildman–Crippen MR) is 85.9 cm³/mol. The number of carbonyl (C=O) groups is 1. The Hall–Kier alpha value is -1.98. The number of rotatable bonds is 4. The SMILES string of the molecule is COc1ccc2sc(C(=O)O)c(Sc3ccccc3)c2c1. The van der Waals surface area contributed by atoms with Gasteiger partial charge in [-0.25, -0.2) is 4.79 Å². The maximum absolute atomic E-state index is 11.5. The minimum Gasteiger partial charge on any atom is -0.497 e. The van der Waals surface area contributed by atoms with Crippen LogP contribution in [0.2, 0.25) is 0 Å². The van der Waals surface area contributed by atoms with Crippen molar-refractivity contribution >= 4 is 39.2 Å². The molecule has 21 heavy (non-hydrogen) atoms. The van der Waals surface area contributed by atoms with E-state index in [2.05, 4.69) is 0 Å². The molecule has 3 aromatic rings. The van der Waals surface area contributed by atoms with E-state index in [9.17, 15) is 9.90 Å². The summed E-state index contributed by atoms with van der Waals surface area (Å²) < 4.78 is 6.20. The molecular weight excluding hydrogens is 304 g/mol. The second-order valence-corrected chi connectivity index (χ2v) is 6.48. The molecule has 1 N–H and O–H groups in total. The van der Waals surface area contributed by atoms with E-state index < -0.39 is 5.97 Å². The van der Waals surface area contributed by atoms with Crippen molar-refractivity contribution in [1.82, 2.24) is 0 Å². The van der Waals surface area contributed by atoms with Crippen molar-refractivity contribution in [3.63, 3.8) is 0 Å². The highest BCUT2D eigenvalue weighted by molar-refractivity contribution is 7.99. The number of benzene rings is 2. The summed E-state index contributed by atoms with van der Waals surface area (Å²) in [5.41, 5.74) is 0. The Labute approximate surface area is 130 Å². The lowest BCUT2D eigenvalue weighted by molar-refractivity contribution is 0.0699. The zero-order valence-corrected chi connectivity index (χ0v) is 12.8. The number of hydrogen-bond acceptors (Lipinski definition) is 4. The molecule has 0 spiro atoms. The van der Waals surface area contributed by atoms with E-state index in [1.807, 2.05) is 48.5 Å². The van der Waals surface area contributed by atoms with Gasteiger partial charge in [-0.05, 0) is 30.3 Å². The molecule has 0 saturated heterocycles. The molecule has 1 aromatic heterocycles. The lowest BCUT2D eigenvalue weighted by Crippen LogP contribution is -1.93. The Bertz CT molecular complexity index is 794. The standard InChI is InChI=1S/C16H12O3S2/c1-19-10-7-8-13-12(9-10)14(15(21-13)16(17)18)20-11-5-3-2-4-6-11/h2-9H,1H3,(H,17,18). The summed E-state index contributed by atoms with van der Waals surface area (Å²) in [6.07, 6.45) is 0. The van der Waals surface area contributed by atoms with Gasteiger partial charge in [-0.3, -0.25) is 0 Å². The van der Waals surface area contributed by atoms with Crippen molar-refractivity contribution < 1.29 is 14.6 Å². The van der Waals surface area contributed by atoms with Gasteiger partial charge in [0.2, 0.25) is 0 Å². The average molecular weight is 316 g/mol. The first-order valence-electron chi connectivity index (χ1n) is 6.26. The van der Waals surface area contributed by atoms with E-state index in [1.54, 1.807) is 7.11 Å². The molecule has 0 aliphatic heterocycles. The van der Waals surface area contributed by atoms with Gasteiger partial charge in [-0.1, -0.05) is 30.0 Å². The van der Waals surface area contributed by atoms with Gasteiger partial charge in [0.05, 0.1) is 7.11 Å². The highest BCUT2D eigenvalue weighted by Gasteiger charge is 2.19. The van der Waals surface area contributed by atoms with Crippen molar-refractivity contribution in [1.29, 1.82) is 0 Å². The second kappa shape index (κ2) is 5.79. The van der Waals surface area contributed by atoms with Crippen LogP contribution in [0.4, 0.5) is 0 Å². The number of thiophene rings is 1. The summed E-state index contributed by atoms with van der Waals surface area (Å²) in [7, 11) is 1.61. The first-order chi connectivity index (χ1) is 10.2. The normalized spacial score (nSPS) is 10.7. The van der Waals surface area contributed by atoms with Crippen LogP contribution in [0.1, 0.15) is 9.67 Å². The molecule has 0 fully saturated rings. The molecule has 0 atom stereocenters. The molecule has 0 unspecified atom stereocenters. The van der Waals surface area contributed by atoms with Crippen LogP contribution in [-0.2, 0) is 0 Å². The van der Waals surface area contributed by atoms with Gasteiger partial charge in [0.25, 0.3) is 0 Å². The summed E-state index contributed by atoms with van der Waals surface area (Å²) in [6, 6.07) is 15.4. The fraction of sp³-hybridized carbons (Fsp3) is 0.0625. The van der Waals surface area contributed by atoms with Crippen molar-refractivity contribution in [2.24, 2.45) is 0 Å². The fourth-order valence-corrected chi connectivity index (χ4v) is 4.25. The minimum atomic E-state index is -0.895. The van der Waals surface area contributed by atoms with Crippen LogP contribution in [-0.4, -0.2) is 18.2 Å². The van der Waals surface area contributed by atoms with Crippen molar-refractivity contribution in [2.45, 2.75) is 9.79 Å². The number of aromatic carboxylic acids is 1. The van der Waals surface area contributed by atoms with Gasteiger partial charge in [-0.2, -0.15) is 0 Å². The fourth-order valence-electron chi connectivity index (χ4n) is 2.03. The second-order valence-electron chi connectivity index (χ2n) is 4.34. The third-order valence-electron chi connectivity index (χ3n) is 3.01. The molecule has 0 aliphatic rings. The van der Waals surface area contributed by atoms with Gasteiger partial charge < -0.3 is 9.84 Å². The first-order valence-corrected chi connectivity index (χ1v) is 7.89. The molecular formula is C16H12O3S2. The summed E-state index contributed by atoms with van der Waals surface area (Å²) >= 11 is 2.77. The van der Waals surface area contributed by atoms with E-state index in [0.717, 1.165) is 25.6 Å². The monoisotopic (exact) mass is 316 g/mol. The number of carboxylic acids is 1. The van der Waals surface area contributed by atoms with Gasteiger partial charge >= 0.3 is 5.97 Å². The van der Waals surface area contributed by atoms with Crippen LogP contribution in [0, 0.1) is 0 Å². The largest absolute Gasteiger partial charge is 0.497 e. The molecule has 0 bridgehead atoms. The minimum absolute atomic E-state index is 0.368. The quantitative estimate of drug-likeness (QED) is 0.754. The Morgan fingerprint density at radius 1 is 1.19 bits per heavy atom. The molecule has 106 valence electrons. The Kier molecular flexibility index (Phi) is 3.86. The topological polar surface area (TPSA) is 46.5 Å². The van der Waals surface area contributed by atoms with Crippen LogP contribution < -0.4 is 4.74 Å². The predicted octanol–water partition coefficient (Wildman–Crippen LogP) is 4.76. The Balaban J connectivity index is 2.17. The van der Waals surface area contributed by atoms with Gasteiger partial charge in [0.15, 0.2) is 0 Å². The Morgan fingerprint density at radius 3 is 2.62 bits per heavy atom. The lowest BCUT2D eigenvalue weighted by atomic mass is 10.2. The zero-order valence-electron chi connectivity index (χ0n) is 11.2. The van der Waals surface area contributed by atoms with Crippen molar-refractivity contribution in [3.8, 4) is 5.75 Å². The highest BCUT2D eigenvalue weighted by atomic mass is 32.2. The molecule has 0 radical (unpaired) electrons. The first kappa shape index (κ1) is 14.0. The molecule has 0 aliphatic carbocycles. The van der Waals surface area contributed by atoms with Crippen LogP contribution >= 0.6 is 23.1 Å². The molecule has 3 nitrogen and oxygen atoms in total. The third kappa shape index (κ3) is 2.75. The molecule has 5 heteroatoms. The number of carboxylic acid groups (broad SMARTS) is 1. The molecule has 2 aromatic carbocycles. The maximum atomic E-state index is 11.5. The summed E-state index contributed by atoms with van der Waals surface area (Å²) in [5.74, 6) is -0.166. The van der Waals surface area contributed by atoms with E-state index >= 15 is 0 Å². The van der Waals surface area contributed by atoms with Crippen LogP contribution in [0.15, 0.2) is 58.3 Å². The van der Waals surface area contributed by atoms with E-state index in [4.69, 9.17) is 4.74 Å². The molecule has 1 heterocycles. The third-order valence-corrected chi connectivity index (χ3v) is 5.43. The number of methoxy groups -OCH3 is 1. The summed E-state index contributed by atoms with van der Waals surface area (Å²) in [5, 5.41) is 10.4. The Morgan fingerprint density at radius 2 is 1.95 bits per heavy atom. The highest BCUT2D eigenvalue weighted by Crippen LogP contribution is 2.42. The summed E-state index contributed by atoms with van der Waals surface area (Å²) in [6.45, 7) is 0. The average Bonchev–Trinajstić information content (AvgIpc) is 2.86. The molecule has 3 rings (SSSR count). The van der Waals surface area contributed by atoms with Crippen LogP contribution in [0.5, 0.6) is 5.75 Å². The molecule has 0 amide bonds.